The molecule has 0 saturated heterocycles. The number of benzene rings is 9. The highest BCUT2D eigenvalue weighted by atomic mass is 32.1. The van der Waals surface area contributed by atoms with Gasteiger partial charge in [0.25, 0.3) is 0 Å². The Labute approximate surface area is 562 Å². The first-order valence-electron chi connectivity index (χ1n) is 33.7. The predicted molar refractivity (Wildman–Crippen MR) is 404 cm³/mol. The van der Waals surface area contributed by atoms with E-state index in [-0.39, 0.29) is 38.9 Å². The number of para-hydroxylation sites is 3. The van der Waals surface area contributed by atoms with Crippen molar-refractivity contribution in [2.45, 2.75) is 170 Å². The highest BCUT2D eigenvalue weighted by molar-refractivity contribution is 7.27. The van der Waals surface area contributed by atoms with Crippen LogP contribution in [0.1, 0.15) is 182 Å². The highest BCUT2D eigenvalue weighted by Gasteiger charge is 2.34. The molecule has 476 valence electrons. The molecule has 0 saturated carbocycles. The largest absolute Gasteiger partial charge is 0.457 e. The zero-order valence-corrected chi connectivity index (χ0v) is 59.6. The van der Waals surface area contributed by atoms with Crippen LogP contribution in [-0.2, 0) is 27.1 Å². The standard InChI is InChI=1S/C87H91N5OS/c1-52(2)65-26-23-27-66(53(3)4)78(65)56-44-62(49-64(45-56)93-63-34-35-71-76(50-63)92(77-48-57(38-39-89-77)83(5,6)7)75-37-36-70-69-30-25-31-72(88-20)81(69)94-82(70)79(71)75)90-51-91(74-33-22-21-32-73(74)90)80-67(54-40-58(84(8,9)10)46-59(41-54)85(11,12)13)28-24-29-68(80)55-42-60(86(14,15)16)47-61(43-55)87(17,18)19/h21-50,52-53H,51H2,1-19H3. The number of hydrogen-bond acceptors (Lipinski definition) is 5. The average molecular weight is 1250 g/mol. The molecule has 0 radical (unpaired) electrons. The number of nitrogens with zero attached hydrogens (tertiary/aromatic N) is 5. The number of fused-ring (bicyclic) bond motifs is 8. The van der Waals surface area contributed by atoms with Crippen LogP contribution in [0.2, 0.25) is 0 Å². The predicted octanol–water partition coefficient (Wildman–Crippen LogP) is 25.9. The van der Waals surface area contributed by atoms with Crippen LogP contribution in [0.25, 0.3) is 86.0 Å². The van der Waals surface area contributed by atoms with E-state index in [1.807, 2.05) is 18.3 Å². The summed E-state index contributed by atoms with van der Waals surface area (Å²) in [6, 6.07) is 66.1. The summed E-state index contributed by atoms with van der Waals surface area (Å²) in [4.78, 5) is 14.2. The Bertz CT molecular complexity index is 4840. The van der Waals surface area contributed by atoms with Gasteiger partial charge in [0.1, 0.15) is 24.0 Å². The van der Waals surface area contributed by atoms with Crippen molar-refractivity contribution in [3.05, 3.63) is 232 Å². The maximum Gasteiger partial charge on any atom is 0.204 e. The van der Waals surface area contributed by atoms with Crippen molar-refractivity contribution in [2.75, 3.05) is 16.5 Å². The molecule has 0 spiro atoms. The topological polar surface area (TPSA) is 37.9 Å². The average Bonchev–Trinajstić information content (AvgIpc) is 1.55. The van der Waals surface area contributed by atoms with Crippen LogP contribution in [0.5, 0.6) is 11.5 Å². The van der Waals surface area contributed by atoms with E-state index in [1.54, 1.807) is 11.3 Å². The Kier molecular flexibility index (Phi) is 15.7. The van der Waals surface area contributed by atoms with Gasteiger partial charge in [0.2, 0.25) is 5.69 Å². The molecule has 9 aromatic carbocycles. The fourth-order valence-electron chi connectivity index (χ4n) is 13.9. The van der Waals surface area contributed by atoms with Crippen molar-refractivity contribution >= 4 is 81.8 Å². The molecule has 3 aromatic heterocycles. The Morgan fingerprint density at radius 2 is 0.989 bits per heavy atom. The number of hydrogen-bond donors (Lipinski definition) is 0. The van der Waals surface area contributed by atoms with E-state index in [0.717, 1.165) is 81.9 Å². The van der Waals surface area contributed by atoms with Crippen LogP contribution < -0.4 is 14.5 Å². The first kappa shape index (κ1) is 63.8. The minimum atomic E-state index is -0.104. The van der Waals surface area contributed by atoms with Gasteiger partial charge in [-0.15, -0.1) is 11.3 Å². The van der Waals surface area contributed by atoms with Crippen LogP contribution in [0.4, 0.5) is 28.4 Å². The molecule has 0 atom stereocenters. The smallest absolute Gasteiger partial charge is 0.204 e. The Balaban J connectivity index is 1.04. The number of ether oxygens (including phenoxy) is 1. The van der Waals surface area contributed by atoms with Crippen LogP contribution in [0, 0.1) is 6.57 Å². The molecule has 6 nitrogen and oxygen atoms in total. The van der Waals surface area contributed by atoms with Gasteiger partial charge in [-0.25, -0.2) is 9.83 Å². The molecule has 0 unspecified atom stereocenters. The molecular weight excluding hydrogens is 1160 g/mol. The normalized spacial score (nSPS) is 13.4. The summed E-state index contributed by atoms with van der Waals surface area (Å²) >= 11 is 1.71. The summed E-state index contributed by atoms with van der Waals surface area (Å²) in [5.74, 6) is 2.84. The van der Waals surface area contributed by atoms with E-state index in [9.17, 15) is 0 Å². The zero-order valence-electron chi connectivity index (χ0n) is 58.7. The van der Waals surface area contributed by atoms with E-state index >= 15 is 0 Å². The van der Waals surface area contributed by atoms with Gasteiger partial charge < -0.3 is 14.5 Å². The molecule has 12 aromatic rings. The SMILES string of the molecule is [C-]#[N+]c1cccc2c1sc1c2ccc2c1c1ccc(Oc3cc(-c4c(C(C)C)cccc4C(C)C)cc(N4CN(c5c(-c6cc(C(C)(C)C)cc(C(C)(C)C)c6)cccc5-c5cc(C(C)(C)C)cc(C(C)(C)C)c5)c5ccccc54)c3)cc1n2-c1cc(C(C)(C)C)ccn1. The van der Waals surface area contributed by atoms with E-state index in [4.69, 9.17) is 16.3 Å². The highest BCUT2D eigenvalue weighted by Crippen LogP contribution is 2.54. The maximum atomic E-state index is 8.12. The Morgan fingerprint density at radius 1 is 0.457 bits per heavy atom. The second-order valence-corrected chi connectivity index (χ2v) is 33.1. The zero-order chi connectivity index (χ0) is 66.9. The summed E-state index contributed by atoms with van der Waals surface area (Å²) in [6.45, 7) is 52.8. The van der Waals surface area contributed by atoms with Gasteiger partial charge in [0.05, 0.1) is 34.7 Å². The van der Waals surface area contributed by atoms with Gasteiger partial charge in [0.15, 0.2) is 0 Å². The second kappa shape index (κ2) is 23.2. The summed E-state index contributed by atoms with van der Waals surface area (Å²) in [6.07, 6.45) is 1.94. The van der Waals surface area contributed by atoms with Crippen LogP contribution in [0.3, 0.4) is 0 Å². The monoisotopic (exact) mass is 1250 g/mol. The van der Waals surface area contributed by atoms with E-state index < -0.39 is 0 Å². The number of rotatable bonds is 10. The Hall–Kier alpha value is -8.96. The molecule has 1 aliphatic heterocycles. The summed E-state index contributed by atoms with van der Waals surface area (Å²) in [5.41, 5.74) is 23.1. The van der Waals surface area contributed by atoms with Gasteiger partial charge in [-0.2, -0.15) is 0 Å². The quantitative estimate of drug-likeness (QED) is 0.128. The minimum Gasteiger partial charge on any atom is -0.457 e. The number of aromatic nitrogens is 2. The lowest BCUT2D eigenvalue weighted by Crippen LogP contribution is -2.25. The van der Waals surface area contributed by atoms with Crippen molar-refractivity contribution in [3.8, 4) is 50.7 Å². The van der Waals surface area contributed by atoms with Gasteiger partial charge in [-0.1, -0.05) is 241 Å². The molecule has 0 bridgehead atoms. The van der Waals surface area contributed by atoms with Crippen molar-refractivity contribution in [2.24, 2.45) is 0 Å². The summed E-state index contributed by atoms with van der Waals surface area (Å²) in [5, 5.41) is 4.50. The lowest BCUT2D eigenvalue weighted by atomic mass is 9.77. The first-order chi connectivity index (χ1) is 44.3. The van der Waals surface area contributed by atoms with Crippen molar-refractivity contribution in [1.29, 1.82) is 0 Å². The van der Waals surface area contributed by atoms with E-state index in [0.29, 0.717) is 12.4 Å². The first-order valence-corrected chi connectivity index (χ1v) is 34.5. The van der Waals surface area contributed by atoms with Crippen molar-refractivity contribution in [3.63, 3.8) is 0 Å². The fraction of sp³-hybridized carbons (Fsp3) is 0.310. The molecule has 0 fully saturated rings. The van der Waals surface area contributed by atoms with E-state index in [1.165, 1.54) is 72.4 Å². The number of anilines is 4. The molecule has 0 aliphatic carbocycles. The maximum absolute atomic E-state index is 8.12. The molecule has 0 amide bonds. The third kappa shape index (κ3) is 11.5. The van der Waals surface area contributed by atoms with Crippen LogP contribution in [0.15, 0.2) is 182 Å². The Morgan fingerprint density at radius 3 is 1.54 bits per heavy atom. The fourth-order valence-corrected chi connectivity index (χ4v) is 15.2. The van der Waals surface area contributed by atoms with Gasteiger partial charge >= 0.3 is 0 Å². The molecule has 0 N–H and O–H groups in total. The molecule has 4 heterocycles. The number of thiophene rings is 1. The van der Waals surface area contributed by atoms with Crippen molar-refractivity contribution < 1.29 is 4.74 Å². The van der Waals surface area contributed by atoms with Gasteiger partial charge in [-0.05, 0) is 165 Å². The molecule has 7 heteroatoms. The minimum absolute atomic E-state index is 0.0848. The second-order valence-electron chi connectivity index (χ2n) is 32.1. The number of pyridine rings is 1. The lowest BCUT2D eigenvalue weighted by molar-refractivity contribution is 0.483. The van der Waals surface area contributed by atoms with E-state index in [2.05, 4.69) is 315 Å². The van der Waals surface area contributed by atoms with Crippen molar-refractivity contribution in [1.82, 2.24) is 9.55 Å². The van der Waals surface area contributed by atoms with Crippen LogP contribution in [-0.4, -0.2) is 16.2 Å². The molecule has 1 aliphatic rings. The molecule has 94 heavy (non-hydrogen) atoms. The third-order valence-corrected chi connectivity index (χ3v) is 20.7. The lowest BCUT2D eigenvalue weighted by Gasteiger charge is -2.31. The summed E-state index contributed by atoms with van der Waals surface area (Å²) < 4.78 is 12.0. The molecule has 13 rings (SSSR count). The van der Waals surface area contributed by atoms with Gasteiger partial charge in [-0.3, -0.25) is 4.57 Å². The van der Waals surface area contributed by atoms with Gasteiger partial charge in [0, 0.05) is 55.3 Å². The molecular formula is C87H91N5OS. The summed E-state index contributed by atoms with van der Waals surface area (Å²) in [7, 11) is 0. The van der Waals surface area contributed by atoms with Crippen LogP contribution >= 0.6 is 11.3 Å². The third-order valence-electron chi connectivity index (χ3n) is 19.4.